The van der Waals surface area contributed by atoms with Gasteiger partial charge in [0.1, 0.15) is 0 Å². The molecular formula is C11H17BrN2O. The third-order valence-corrected chi connectivity index (χ3v) is 2.54. The summed E-state index contributed by atoms with van der Waals surface area (Å²) in [5.41, 5.74) is 1.14. The Morgan fingerprint density at radius 3 is 2.93 bits per heavy atom. The van der Waals surface area contributed by atoms with Gasteiger partial charge in [0.15, 0.2) is 0 Å². The van der Waals surface area contributed by atoms with Crippen molar-refractivity contribution < 1.29 is 4.74 Å². The van der Waals surface area contributed by atoms with Crippen LogP contribution in [0.2, 0.25) is 0 Å². The van der Waals surface area contributed by atoms with Crippen molar-refractivity contribution in [3.8, 4) is 0 Å². The van der Waals surface area contributed by atoms with Crippen LogP contribution in [0.3, 0.4) is 0 Å². The van der Waals surface area contributed by atoms with Crippen LogP contribution in [0.1, 0.15) is 24.9 Å². The molecular weight excluding hydrogens is 256 g/mol. The molecule has 0 bridgehead atoms. The lowest BCUT2D eigenvalue weighted by Crippen LogP contribution is -2.22. The molecule has 0 fully saturated rings. The SMILES string of the molecule is CCCOCC(NC)c1cncc(Br)c1. The van der Waals surface area contributed by atoms with E-state index in [4.69, 9.17) is 4.74 Å². The molecule has 0 aliphatic rings. The van der Waals surface area contributed by atoms with E-state index in [1.54, 1.807) is 6.20 Å². The van der Waals surface area contributed by atoms with Crippen molar-refractivity contribution in [1.82, 2.24) is 10.3 Å². The summed E-state index contributed by atoms with van der Waals surface area (Å²) in [5, 5.41) is 3.22. The number of aromatic nitrogens is 1. The van der Waals surface area contributed by atoms with Crippen LogP contribution in [0.25, 0.3) is 0 Å². The molecule has 0 aliphatic carbocycles. The molecule has 0 amide bonds. The first-order valence-electron chi connectivity index (χ1n) is 5.13. The van der Waals surface area contributed by atoms with E-state index in [0.29, 0.717) is 6.61 Å². The van der Waals surface area contributed by atoms with Crippen LogP contribution in [0.4, 0.5) is 0 Å². The van der Waals surface area contributed by atoms with Crippen LogP contribution in [0.15, 0.2) is 22.9 Å². The number of halogens is 1. The Kier molecular flexibility index (Phi) is 5.83. The third-order valence-electron chi connectivity index (χ3n) is 2.11. The summed E-state index contributed by atoms with van der Waals surface area (Å²) in [4.78, 5) is 4.14. The quantitative estimate of drug-likeness (QED) is 0.809. The van der Waals surface area contributed by atoms with Gasteiger partial charge in [0, 0.05) is 23.5 Å². The molecule has 4 heteroatoms. The summed E-state index contributed by atoms with van der Waals surface area (Å²) >= 11 is 3.41. The van der Waals surface area contributed by atoms with E-state index in [0.717, 1.165) is 23.1 Å². The van der Waals surface area contributed by atoms with Gasteiger partial charge >= 0.3 is 0 Å². The second-order valence-corrected chi connectivity index (χ2v) is 4.27. The third kappa shape index (κ3) is 4.28. The predicted octanol–water partition coefficient (Wildman–Crippen LogP) is 2.53. The van der Waals surface area contributed by atoms with Crippen molar-refractivity contribution in [2.45, 2.75) is 19.4 Å². The molecule has 1 unspecified atom stereocenters. The Labute approximate surface area is 99.4 Å². The largest absolute Gasteiger partial charge is 0.379 e. The average Bonchev–Trinajstić information content (AvgIpc) is 2.24. The summed E-state index contributed by atoms with van der Waals surface area (Å²) in [7, 11) is 1.93. The summed E-state index contributed by atoms with van der Waals surface area (Å²) in [6.07, 6.45) is 4.69. The van der Waals surface area contributed by atoms with Gasteiger partial charge in [-0.05, 0) is 41.0 Å². The van der Waals surface area contributed by atoms with E-state index in [1.807, 2.05) is 13.2 Å². The Hall–Kier alpha value is -0.450. The minimum absolute atomic E-state index is 0.210. The van der Waals surface area contributed by atoms with Crippen LogP contribution in [0, 0.1) is 0 Å². The van der Waals surface area contributed by atoms with Crippen molar-refractivity contribution >= 4 is 15.9 Å². The minimum Gasteiger partial charge on any atom is -0.379 e. The molecule has 15 heavy (non-hydrogen) atoms. The molecule has 0 saturated heterocycles. The normalized spacial score (nSPS) is 12.7. The van der Waals surface area contributed by atoms with Gasteiger partial charge in [0.05, 0.1) is 12.6 Å². The second-order valence-electron chi connectivity index (χ2n) is 3.35. The zero-order chi connectivity index (χ0) is 11.1. The first-order valence-corrected chi connectivity index (χ1v) is 5.92. The molecule has 0 aromatic carbocycles. The Morgan fingerprint density at radius 1 is 1.53 bits per heavy atom. The van der Waals surface area contributed by atoms with Crippen molar-refractivity contribution in [2.24, 2.45) is 0 Å². The highest BCUT2D eigenvalue weighted by atomic mass is 79.9. The van der Waals surface area contributed by atoms with Gasteiger partial charge in [0.25, 0.3) is 0 Å². The maximum Gasteiger partial charge on any atom is 0.0661 e. The summed E-state index contributed by atoms with van der Waals surface area (Å²) in [5.74, 6) is 0. The van der Waals surface area contributed by atoms with Crippen molar-refractivity contribution in [3.63, 3.8) is 0 Å². The number of nitrogens with one attached hydrogen (secondary N) is 1. The minimum atomic E-state index is 0.210. The van der Waals surface area contributed by atoms with E-state index in [1.165, 1.54) is 0 Å². The summed E-state index contributed by atoms with van der Waals surface area (Å²) < 4.78 is 6.52. The lowest BCUT2D eigenvalue weighted by molar-refractivity contribution is 0.114. The number of hydrogen-bond acceptors (Lipinski definition) is 3. The van der Waals surface area contributed by atoms with Gasteiger partial charge in [-0.15, -0.1) is 0 Å². The zero-order valence-electron chi connectivity index (χ0n) is 9.16. The molecule has 0 spiro atoms. The standard InChI is InChI=1S/C11H17BrN2O/c1-3-4-15-8-11(13-2)9-5-10(12)7-14-6-9/h5-7,11,13H,3-4,8H2,1-2H3. The van der Waals surface area contributed by atoms with E-state index < -0.39 is 0 Å². The molecule has 1 heterocycles. The van der Waals surface area contributed by atoms with Gasteiger partial charge in [-0.2, -0.15) is 0 Å². The number of rotatable bonds is 6. The molecule has 3 nitrogen and oxygen atoms in total. The second kappa shape index (κ2) is 6.93. The number of hydrogen-bond donors (Lipinski definition) is 1. The first kappa shape index (κ1) is 12.6. The van der Waals surface area contributed by atoms with Crippen molar-refractivity contribution in [2.75, 3.05) is 20.3 Å². The molecule has 1 N–H and O–H groups in total. The molecule has 0 radical (unpaired) electrons. The van der Waals surface area contributed by atoms with Gasteiger partial charge in [0.2, 0.25) is 0 Å². The molecule has 1 rings (SSSR count). The van der Waals surface area contributed by atoms with Gasteiger partial charge in [-0.3, -0.25) is 4.98 Å². The number of pyridine rings is 1. The smallest absolute Gasteiger partial charge is 0.0661 e. The average molecular weight is 273 g/mol. The molecule has 1 aromatic heterocycles. The van der Waals surface area contributed by atoms with E-state index in [9.17, 15) is 0 Å². The highest BCUT2D eigenvalue weighted by Crippen LogP contribution is 2.16. The zero-order valence-corrected chi connectivity index (χ0v) is 10.8. The van der Waals surface area contributed by atoms with E-state index in [-0.39, 0.29) is 6.04 Å². The van der Waals surface area contributed by atoms with Crippen LogP contribution < -0.4 is 5.32 Å². The number of likely N-dealkylation sites (N-methyl/N-ethyl adjacent to an activating group) is 1. The van der Waals surface area contributed by atoms with Crippen molar-refractivity contribution in [3.05, 3.63) is 28.5 Å². The highest BCUT2D eigenvalue weighted by Gasteiger charge is 2.09. The maximum absolute atomic E-state index is 5.52. The number of nitrogens with zero attached hydrogens (tertiary/aromatic N) is 1. The molecule has 1 aromatic rings. The fourth-order valence-corrected chi connectivity index (χ4v) is 1.69. The van der Waals surface area contributed by atoms with E-state index in [2.05, 4.69) is 39.2 Å². The summed E-state index contributed by atoms with van der Waals surface area (Å²) in [6, 6.07) is 2.27. The molecule has 0 aliphatic heterocycles. The van der Waals surface area contributed by atoms with Gasteiger partial charge in [-0.25, -0.2) is 0 Å². The van der Waals surface area contributed by atoms with Gasteiger partial charge < -0.3 is 10.1 Å². The van der Waals surface area contributed by atoms with Crippen LogP contribution in [-0.4, -0.2) is 25.2 Å². The fourth-order valence-electron chi connectivity index (χ4n) is 1.31. The Balaban J connectivity index is 2.57. The van der Waals surface area contributed by atoms with Crippen molar-refractivity contribution in [1.29, 1.82) is 0 Å². The van der Waals surface area contributed by atoms with Crippen LogP contribution in [0.5, 0.6) is 0 Å². The lowest BCUT2D eigenvalue weighted by Gasteiger charge is -2.16. The van der Waals surface area contributed by atoms with Gasteiger partial charge in [-0.1, -0.05) is 6.92 Å². The monoisotopic (exact) mass is 272 g/mol. The number of ether oxygens (including phenoxy) is 1. The lowest BCUT2D eigenvalue weighted by atomic mass is 10.1. The Bertz CT molecular complexity index is 294. The summed E-state index contributed by atoms with van der Waals surface area (Å²) in [6.45, 7) is 3.59. The van der Waals surface area contributed by atoms with E-state index >= 15 is 0 Å². The maximum atomic E-state index is 5.52. The van der Waals surface area contributed by atoms with Crippen LogP contribution in [-0.2, 0) is 4.74 Å². The Morgan fingerprint density at radius 2 is 2.33 bits per heavy atom. The van der Waals surface area contributed by atoms with Crippen LogP contribution >= 0.6 is 15.9 Å². The fraction of sp³-hybridized carbons (Fsp3) is 0.545. The molecule has 84 valence electrons. The predicted molar refractivity (Wildman–Crippen MR) is 64.8 cm³/mol. The first-order chi connectivity index (χ1) is 7.27. The highest BCUT2D eigenvalue weighted by molar-refractivity contribution is 9.10. The topological polar surface area (TPSA) is 34.1 Å². The molecule has 0 saturated carbocycles. The molecule has 1 atom stereocenters.